The van der Waals surface area contributed by atoms with Gasteiger partial charge >= 0.3 is 0 Å². The molecule has 1 N–H and O–H groups in total. The summed E-state index contributed by atoms with van der Waals surface area (Å²) in [5.41, 5.74) is 1.67. The lowest BCUT2D eigenvalue weighted by Gasteiger charge is -2.09. The Kier molecular flexibility index (Phi) is 3.10. The summed E-state index contributed by atoms with van der Waals surface area (Å²) in [5, 5.41) is 3.59. The third-order valence-electron chi connectivity index (χ3n) is 2.58. The van der Waals surface area contributed by atoms with Crippen molar-refractivity contribution in [2.45, 2.75) is 13.3 Å². The fourth-order valence-electron chi connectivity index (χ4n) is 1.72. The SMILES string of the molecule is CCc1cc2c(F)ccc(Br)c2nc1NC. The van der Waals surface area contributed by atoms with Crippen molar-refractivity contribution in [1.29, 1.82) is 0 Å². The van der Waals surface area contributed by atoms with Gasteiger partial charge in [0.05, 0.1) is 5.52 Å². The predicted molar refractivity (Wildman–Crippen MR) is 68.3 cm³/mol. The number of rotatable bonds is 2. The highest BCUT2D eigenvalue weighted by Crippen LogP contribution is 2.28. The Hall–Kier alpha value is -1.16. The lowest BCUT2D eigenvalue weighted by Crippen LogP contribution is -1.99. The largest absolute Gasteiger partial charge is 0.373 e. The number of aromatic nitrogens is 1. The summed E-state index contributed by atoms with van der Waals surface area (Å²) < 4.78 is 14.4. The average Bonchev–Trinajstić information content (AvgIpc) is 2.32. The van der Waals surface area contributed by atoms with Crippen LogP contribution >= 0.6 is 15.9 Å². The van der Waals surface area contributed by atoms with Gasteiger partial charge < -0.3 is 5.32 Å². The van der Waals surface area contributed by atoms with E-state index in [1.807, 2.05) is 20.0 Å². The molecule has 0 bridgehead atoms. The molecule has 1 aromatic heterocycles. The van der Waals surface area contributed by atoms with Crippen LogP contribution in [0.2, 0.25) is 0 Å². The van der Waals surface area contributed by atoms with Gasteiger partial charge in [0.15, 0.2) is 0 Å². The summed E-state index contributed by atoms with van der Waals surface area (Å²) in [4.78, 5) is 4.43. The number of halogens is 2. The maximum absolute atomic E-state index is 13.6. The van der Waals surface area contributed by atoms with Crippen LogP contribution in [0.5, 0.6) is 0 Å². The van der Waals surface area contributed by atoms with Crippen LogP contribution in [0.25, 0.3) is 10.9 Å². The maximum Gasteiger partial charge on any atom is 0.132 e. The van der Waals surface area contributed by atoms with E-state index in [-0.39, 0.29) is 5.82 Å². The van der Waals surface area contributed by atoms with Crippen molar-refractivity contribution in [1.82, 2.24) is 4.98 Å². The summed E-state index contributed by atoms with van der Waals surface area (Å²) in [6.07, 6.45) is 0.824. The second-order valence-corrected chi connectivity index (χ2v) is 4.38. The summed E-state index contributed by atoms with van der Waals surface area (Å²) >= 11 is 3.38. The van der Waals surface area contributed by atoms with E-state index in [1.165, 1.54) is 6.07 Å². The number of pyridine rings is 1. The first-order chi connectivity index (χ1) is 7.67. The van der Waals surface area contributed by atoms with Gasteiger partial charge in [0.1, 0.15) is 11.6 Å². The highest BCUT2D eigenvalue weighted by Gasteiger charge is 2.10. The van der Waals surface area contributed by atoms with E-state index in [2.05, 4.69) is 26.2 Å². The first-order valence-corrected chi connectivity index (χ1v) is 5.92. The first-order valence-electron chi connectivity index (χ1n) is 5.12. The van der Waals surface area contributed by atoms with Crippen LogP contribution in [-0.2, 0) is 6.42 Å². The van der Waals surface area contributed by atoms with Crippen molar-refractivity contribution in [3.8, 4) is 0 Å². The van der Waals surface area contributed by atoms with Gasteiger partial charge in [-0.25, -0.2) is 9.37 Å². The Labute approximate surface area is 102 Å². The van der Waals surface area contributed by atoms with Crippen molar-refractivity contribution < 1.29 is 4.39 Å². The summed E-state index contributed by atoms with van der Waals surface area (Å²) in [6, 6.07) is 4.98. The van der Waals surface area contributed by atoms with E-state index in [0.29, 0.717) is 10.9 Å². The van der Waals surface area contributed by atoms with Crippen molar-refractivity contribution >= 4 is 32.7 Å². The molecule has 0 saturated heterocycles. The van der Waals surface area contributed by atoms with Crippen molar-refractivity contribution in [3.05, 3.63) is 34.1 Å². The van der Waals surface area contributed by atoms with Gasteiger partial charge in [0.25, 0.3) is 0 Å². The topological polar surface area (TPSA) is 24.9 Å². The van der Waals surface area contributed by atoms with Crippen molar-refractivity contribution in [2.75, 3.05) is 12.4 Å². The van der Waals surface area contributed by atoms with E-state index in [1.54, 1.807) is 6.07 Å². The van der Waals surface area contributed by atoms with Gasteiger partial charge in [0.2, 0.25) is 0 Å². The molecule has 0 aliphatic carbocycles. The molecule has 16 heavy (non-hydrogen) atoms. The minimum absolute atomic E-state index is 0.233. The highest BCUT2D eigenvalue weighted by atomic mass is 79.9. The molecule has 0 amide bonds. The van der Waals surface area contributed by atoms with Gasteiger partial charge in [-0.05, 0) is 46.1 Å². The first kappa shape index (κ1) is 11.3. The Bertz CT molecular complexity index is 492. The molecule has 84 valence electrons. The molecule has 0 unspecified atom stereocenters. The maximum atomic E-state index is 13.6. The van der Waals surface area contributed by atoms with Gasteiger partial charge in [-0.3, -0.25) is 0 Å². The molecular formula is C12H12BrFN2. The third-order valence-corrected chi connectivity index (χ3v) is 3.22. The standard InChI is InChI=1S/C12H12BrFN2/c1-3-7-6-8-10(14)5-4-9(13)11(8)16-12(7)15-2/h4-6H,3H2,1-2H3,(H,15,16). The van der Waals surface area contributed by atoms with E-state index in [9.17, 15) is 4.39 Å². The van der Waals surface area contributed by atoms with Crippen LogP contribution in [-0.4, -0.2) is 12.0 Å². The zero-order valence-electron chi connectivity index (χ0n) is 9.14. The van der Waals surface area contributed by atoms with Crippen LogP contribution in [0.4, 0.5) is 10.2 Å². The molecule has 0 spiro atoms. The number of nitrogens with zero attached hydrogens (tertiary/aromatic N) is 1. The number of benzene rings is 1. The van der Waals surface area contributed by atoms with Gasteiger partial charge in [0, 0.05) is 16.9 Å². The Balaban J connectivity index is 2.82. The lowest BCUT2D eigenvalue weighted by molar-refractivity contribution is 0.639. The quantitative estimate of drug-likeness (QED) is 0.908. The minimum atomic E-state index is -0.233. The Morgan fingerprint density at radius 1 is 1.44 bits per heavy atom. The van der Waals surface area contributed by atoms with Crippen LogP contribution in [0, 0.1) is 5.82 Å². The van der Waals surface area contributed by atoms with Crippen LogP contribution in [0.15, 0.2) is 22.7 Å². The Morgan fingerprint density at radius 3 is 2.81 bits per heavy atom. The van der Waals surface area contributed by atoms with Gasteiger partial charge in [-0.1, -0.05) is 6.92 Å². The number of aryl methyl sites for hydroxylation is 1. The molecular weight excluding hydrogens is 271 g/mol. The second kappa shape index (κ2) is 4.37. The monoisotopic (exact) mass is 282 g/mol. The van der Waals surface area contributed by atoms with Crippen LogP contribution in [0.3, 0.4) is 0 Å². The molecule has 2 aromatic rings. The molecule has 1 aromatic carbocycles. The van der Waals surface area contributed by atoms with Crippen molar-refractivity contribution in [2.24, 2.45) is 0 Å². The highest BCUT2D eigenvalue weighted by molar-refractivity contribution is 9.10. The second-order valence-electron chi connectivity index (χ2n) is 3.53. The smallest absolute Gasteiger partial charge is 0.132 e. The number of fused-ring (bicyclic) bond motifs is 1. The molecule has 2 nitrogen and oxygen atoms in total. The predicted octanol–water partition coefficient (Wildman–Crippen LogP) is 3.74. The third kappa shape index (κ3) is 1.78. The molecule has 0 radical (unpaired) electrons. The number of hydrogen-bond donors (Lipinski definition) is 1. The van der Waals surface area contributed by atoms with Gasteiger partial charge in [-0.2, -0.15) is 0 Å². The van der Waals surface area contributed by atoms with Crippen LogP contribution < -0.4 is 5.32 Å². The molecule has 0 atom stereocenters. The van der Waals surface area contributed by atoms with E-state index < -0.39 is 0 Å². The zero-order chi connectivity index (χ0) is 11.7. The molecule has 0 aliphatic rings. The summed E-state index contributed by atoms with van der Waals surface area (Å²) in [5.74, 6) is 0.573. The Morgan fingerprint density at radius 2 is 2.19 bits per heavy atom. The minimum Gasteiger partial charge on any atom is -0.373 e. The normalized spacial score (nSPS) is 10.8. The van der Waals surface area contributed by atoms with E-state index in [0.717, 1.165) is 22.3 Å². The molecule has 0 fully saturated rings. The number of hydrogen-bond acceptors (Lipinski definition) is 2. The summed E-state index contributed by atoms with van der Waals surface area (Å²) in [6.45, 7) is 2.03. The fraction of sp³-hybridized carbons (Fsp3) is 0.250. The van der Waals surface area contributed by atoms with E-state index in [4.69, 9.17) is 0 Å². The number of anilines is 1. The zero-order valence-corrected chi connectivity index (χ0v) is 10.7. The molecule has 2 rings (SSSR count). The molecule has 0 saturated carbocycles. The fourth-order valence-corrected chi connectivity index (χ4v) is 2.15. The van der Waals surface area contributed by atoms with Gasteiger partial charge in [-0.15, -0.1) is 0 Å². The average molecular weight is 283 g/mol. The van der Waals surface area contributed by atoms with E-state index >= 15 is 0 Å². The molecule has 1 heterocycles. The molecule has 4 heteroatoms. The number of nitrogens with one attached hydrogen (secondary N) is 1. The van der Waals surface area contributed by atoms with Crippen LogP contribution in [0.1, 0.15) is 12.5 Å². The van der Waals surface area contributed by atoms with Crippen molar-refractivity contribution in [3.63, 3.8) is 0 Å². The summed E-state index contributed by atoms with van der Waals surface area (Å²) in [7, 11) is 1.82. The lowest BCUT2D eigenvalue weighted by atomic mass is 10.1. The molecule has 0 aliphatic heterocycles.